The summed E-state index contributed by atoms with van der Waals surface area (Å²) < 4.78 is 16.1. The van der Waals surface area contributed by atoms with Crippen molar-refractivity contribution in [3.8, 4) is 11.5 Å². The van der Waals surface area contributed by atoms with Crippen molar-refractivity contribution in [2.75, 3.05) is 18.5 Å². The third kappa shape index (κ3) is 3.33. The van der Waals surface area contributed by atoms with Crippen LogP contribution < -0.4 is 14.8 Å². The molecule has 126 valence electrons. The number of hydrogen-bond acceptors (Lipinski definition) is 7. The second kappa shape index (κ2) is 6.88. The molecule has 2 heterocycles. The molecule has 1 aliphatic heterocycles. The fraction of sp³-hybridized carbons (Fsp3) is 0.312. The summed E-state index contributed by atoms with van der Waals surface area (Å²) in [5, 5.41) is 2.98. The third-order valence-electron chi connectivity index (χ3n) is 3.29. The second-order valence-corrected chi connectivity index (χ2v) is 6.01. The molecule has 1 aromatic carbocycles. The Kier molecular flexibility index (Phi) is 4.66. The summed E-state index contributed by atoms with van der Waals surface area (Å²) in [6.45, 7) is 3.81. The molecule has 3 rings (SSSR count). The van der Waals surface area contributed by atoms with E-state index in [0.29, 0.717) is 27.2 Å². The second-order valence-electron chi connectivity index (χ2n) is 5.01. The Morgan fingerprint density at radius 3 is 2.88 bits per heavy atom. The highest BCUT2D eigenvalue weighted by Crippen LogP contribution is 2.31. The van der Waals surface area contributed by atoms with Crippen LogP contribution in [0, 0.1) is 6.92 Å². The van der Waals surface area contributed by atoms with E-state index in [0.717, 1.165) is 11.3 Å². The lowest BCUT2D eigenvalue weighted by Crippen LogP contribution is -2.40. The number of aryl methyl sites for hydroxylation is 1. The molecule has 0 saturated carbocycles. The summed E-state index contributed by atoms with van der Waals surface area (Å²) in [7, 11) is 0. The van der Waals surface area contributed by atoms with Gasteiger partial charge in [0, 0.05) is 0 Å². The Morgan fingerprint density at radius 2 is 2.12 bits per heavy atom. The van der Waals surface area contributed by atoms with Crippen molar-refractivity contribution in [3.63, 3.8) is 0 Å². The molecule has 7 nitrogen and oxygen atoms in total. The molecule has 0 bridgehead atoms. The summed E-state index contributed by atoms with van der Waals surface area (Å²) >= 11 is 1.07. The molecule has 8 heteroatoms. The maximum atomic E-state index is 12.3. The lowest BCUT2D eigenvalue weighted by atomic mass is 10.2. The van der Waals surface area contributed by atoms with E-state index in [4.69, 9.17) is 14.2 Å². The van der Waals surface area contributed by atoms with Crippen LogP contribution in [0.15, 0.2) is 24.3 Å². The Hall–Kier alpha value is -2.61. The fourth-order valence-electron chi connectivity index (χ4n) is 2.17. The van der Waals surface area contributed by atoms with E-state index in [2.05, 4.69) is 10.3 Å². The number of aromatic nitrogens is 1. The van der Waals surface area contributed by atoms with E-state index in [1.165, 1.54) is 0 Å². The first-order valence-corrected chi connectivity index (χ1v) is 8.24. The molecular formula is C16H16N2O5S. The van der Waals surface area contributed by atoms with Gasteiger partial charge in [0.1, 0.15) is 11.5 Å². The van der Waals surface area contributed by atoms with Gasteiger partial charge in [-0.15, -0.1) is 0 Å². The molecule has 0 aliphatic carbocycles. The normalized spacial score (nSPS) is 15.7. The highest BCUT2D eigenvalue weighted by molar-refractivity contribution is 7.17. The summed E-state index contributed by atoms with van der Waals surface area (Å²) in [4.78, 5) is 28.7. The van der Waals surface area contributed by atoms with E-state index in [1.54, 1.807) is 32.0 Å². The molecule has 0 spiro atoms. The van der Waals surface area contributed by atoms with Crippen LogP contribution in [0.4, 0.5) is 5.13 Å². The number of hydrogen-bond donors (Lipinski definition) is 1. The minimum atomic E-state index is -0.782. The lowest BCUT2D eigenvalue weighted by molar-refractivity contribution is -0.125. The average molecular weight is 348 g/mol. The highest BCUT2D eigenvalue weighted by Gasteiger charge is 2.28. The molecule has 1 N–H and O–H groups in total. The minimum Gasteiger partial charge on any atom is -0.485 e. The first-order valence-electron chi connectivity index (χ1n) is 7.42. The number of benzene rings is 1. The number of para-hydroxylation sites is 2. The molecule has 0 unspecified atom stereocenters. The Balaban J connectivity index is 1.68. The van der Waals surface area contributed by atoms with Crippen LogP contribution in [0.1, 0.15) is 22.3 Å². The van der Waals surface area contributed by atoms with E-state index < -0.39 is 12.1 Å². The highest BCUT2D eigenvalue weighted by atomic mass is 32.1. The third-order valence-corrected chi connectivity index (χ3v) is 4.34. The summed E-state index contributed by atoms with van der Waals surface area (Å²) in [5.41, 5.74) is 0.514. The molecule has 2 aromatic rings. The smallest absolute Gasteiger partial charge is 0.350 e. The molecule has 1 amide bonds. The molecule has 0 radical (unpaired) electrons. The van der Waals surface area contributed by atoms with Gasteiger partial charge >= 0.3 is 5.97 Å². The molecule has 24 heavy (non-hydrogen) atoms. The van der Waals surface area contributed by atoms with Gasteiger partial charge in [-0.05, 0) is 26.0 Å². The number of amides is 1. The van der Waals surface area contributed by atoms with Crippen molar-refractivity contribution in [2.45, 2.75) is 20.0 Å². The van der Waals surface area contributed by atoms with Crippen LogP contribution in [0.5, 0.6) is 11.5 Å². The first kappa shape index (κ1) is 16.3. The molecule has 0 fully saturated rings. The van der Waals surface area contributed by atoms with Gasteiger partial charge in [-0.3, -0.25) is 10.1 Å². The Labute approximate surface area is 142 Å². The van der Waals surface area contributed by atoms with E-state index >= 15 is 0 Å². The van der Waals surface area contributed by atoms with Gasteiger partial charge in [0.25, 0.3) is 5.91 Å². The maximum Gasteiger partial charge on any atom is 0.350 e. The zero-order chi connectivity index (χ0) is 17.1. The molecular weight excluding hydrogens is 332 g/mol. The zero-order valence-corrected chi connectivity index (χ0v) is 14.0. The number of fused-ring (bicyclic) bond motifs is 1. The molecule has 0 saturated heterocycles. The molecule has 1 aliphatic rings. The largest absolute Gasteiger partial charge is 0.485 e. The summed E-state index contributed by atoms with van der Waals surface area (Å²) in [6, 6.07) is 7.15. The van der Waals surface area contributed by atoms with Crippen LogP contribution >= 0.6 is 11.3 Å². The SMILES string of the molecule is CCOC(=O)c1sc(NC(=O)[C@@H]2COc3ccccc3O2)nc1C. The quantitative estimate of drug-likeness (QED) is 0.854. The number of thiazole rings is 1. The van der Waals surface area contributed by atoms with Crippen LogP contribution in [-0.4, -0.2) is 36.2 Å². The van der Waals surface area contributed by atoms with Crippen molar-refractivity contribution in [3.05, 3.63) is 34.8 Å². The number of anilines is 1. The number of nitrogens with zero attached hydrogens (tertiary/aromatic N) is 1. The van der Waals surface area contributed by atoms with Gasteiger partial charge in [-0.25, -0.2) is 9.78 Å². The number of rotatable bonds is 4. The summed E-state index contributed by atoms with van der Waals surface area (Å²) in [6.07, 6.45) is -0.782. The van der Waals surface area contributed by atoms with Crippen molar-refractivity contribution in [2.24, 2.45) is 0 Å². The number of esters is 1. The topological polar surface area (TPSA) is 86.8 Å². The maximum absolute atomic E-state index is 12.3. The first-order chi connectivity index (χ1) is 11.6. The lowest BCUT2D eigenvalue weighted by Gasteiger charge is -2.25. The number of ether oxygens (including phenoxy) is 3. The standard InChI is InChI=1S/C16H16N2O5S/c1-3-21-15(20)13-9(2)17-16(24-13)18-14(19)12-8-22-10-6-4-5-7-11(10)23-12/h4-7,12H,3,8H2,1-2H3,(H,17,18,19)/t12-/m0/s1. The molecule has 1 atom stereocenters. The monoisotopic (exact) mass is 348 g/mol. The van der Waals surface area contributed by atoms with Gasteiger partial charge in [0.05, 0.1) is 12.3 Å². The van der Waals surface area contributed by atoms with Crippen LogP contribution in [-0.2, 0) is 9.53 Å². The predicted molar refractivity (Wildman–Crippen MR) is 87.8 cm³/mol. The van der Waals surface area contributed by atoms with Crippen molar-refractivity contribution >= 4 is 28.3 Å². The number of carbonyl (C=O) groups excluding carboxylic acids is 2. The zero-order valence-electron chi connectivity index (χ0n) is 13.2. The van der Waals surface area contributed by atoms with E-state index in [9.17, 15) is 9.59 Å². The number of carbonyl (C=O) groups is 2. The minimum absolute atomic E-state index is 0.109. The van der Waals surface area contributed by atoms with Crippen molar-refractivity contribution in [1.82, 2.24) is 4.98 Å². The van der Waals surface area contributed by atoms with Crippen molar-refractivity contribution in [1.29, 1.82) is 0 Å². The predicted octanol–water partition coefficient (Wildman–Crippen LogP) is 2.41. The van der Waals surface area contributed by atoms with Gasteiger partial charge in [0.15, 0.2) is 16.6 Å². The van der Waals surface area contributed by atoms with Crippen molar-refractivity contribution < 1.29 is 23.8 Å². The van der Waals surface area contributed by atoms with Gasteiger partial charge in [-0.1, -0.05) is 23.5 Å². The van der Waals surface area contributed by atoms with E-state index in [1.807, 2.05) is 6.07 Å². The van der Waals surface area contributed by atoms with Gasteiger partial charge < -0.3 is 14.2 Å². The van der Waals surface area contributed by atoms with Crippen LogP contribution in [0.3, 0.4) is 0 Å². The Bertz CT molecular complexity index is 774. The van der Waals surface area contributed by atoms with Crippen LogP contribution in [0.2, 0.25) is 0 Å². The fourth-order valence-corrected chi connectivity index (χ4v) is 3.03. The Morgan fingerprint density at radius 1 is 1.38 bits per heavy atom. The average Bonchev–Trinajstić information content (AvgIpc) is 2.95. The summed E-state index contributed by atoms with van der Waals surface area (Å²) in [5.74, 6) is 0.301. The number of nitrogens with one attached hydrogen (secondary N) is 1. The van der Waals surface area contributed by atoms with Gasteiger partial charge in [0.2, 0.25) is 6.10 Å². The molecule has 1 aromatic heterocycles. The van der Waals surface area contributed by atoms with Crippen LogP contribution in [0.25, 0.3) is 0 Å². The van der Waals surface area contributed by atoms with E-state index in [-0.39, 0.29) is 19.1 Å². The van der Waals surface area contributed by atoms with Gasteiger partial charge in [-0.2, -0.15) is 0 Å².